The maximum absolute atomic E-state index is 5.69. The summed E-state index contributed by atoms with van der Waals surface area (Å²) >= 11 is 5.03. The Bertz CT molecular complexity index is 637. The van der Waals surface area contributed by atoms with Crippen molar-refractivity contribution in [1.82, 2.24) is 4.90 Å². The lowest BCUT2D eigenvalue weighted by Gasteiger charge is -2.18. The number of ether oxygens (including phenoxy) is 1. The van der Waals surface area contributed by atoms with Crippen molar-refractivity contribution in [3.63, 3.8) is 0 Å². The summed E-state index contributed by atoms with van der Waals surface area (Å²) in [5, 5.41) is 0. The molecule has 0 fully saturated rings. The van der Waals surface area contributed by atoms with Crippen molar-refractivity contribution in [3.05, 3.63) is 53.0 Å². The van der Waals surface area contributed by atoms with Gasteiger partial charge in [-0.2, -0.15) is 0 Å². The molecule has 0 radical (unpaired) electrons. The summed E-state index contributed by atoms with van der Waals surface area (Å²) in [5.41, 5.74) is 7.59. The van der Waals surface area contributed by atoms with Gasteiger partial charge in [-0.25, -0.2) is 0 Å². The van der Waals surface area contributed by atoms with Gasteiger partial charge < -0.3 is 14.9 Å². The average molecular weight is 304 g/mol. The van der Waals surface area contributed by atoms with Gasteiger partial charge in [0.1, 0.15) is 22.3 Å². The van der Waals surface area contributed by atoms with Crippen LogP contribution in [0.1, 0.15) is 22.6 Å². The molecule has 0 saturated heterocycles. The van der Waals surface area contributed by atoms with Crippen molar-refractivity contribution < 1.29 is 9.15 Å². The normalized spacial score (nSPS) is 10.9. The van der Waals surface area contributed by atoms with Gasteiger partial charge in [0.15, 0.2) is 0 Å². The highest BCUT2D eigenvalue weighted by atomic mass is 32.1. The van der Waals surface area contributed by atoms with Crippen LogP contribution in [0, 0.1) is 6.92 Å². The minimum absolute atomic E-state index is 0.392. The molecular formula is C16H20N2O2S. The SMILES string of the molecule is COc1ccc(C(N)=S)cc1CN(C)Cc1ccc(C)o1. The summed E-state index contributed by atoms with van der Waals surface area (Å²) in [4.78, 5) is 2.54. The van der Waals surface area contributed by atoms with Crippen LogP contribution in [0.2, 0.25) is 0 Å². The highest BCUT2D eigenvalue weighted by Gasteiger charge is 2.10. The van der Waals surface area contributed by atoms with E-state index in [1.807, 2.05) is 44.3 Å². The molecule has 0 aliphatic rings. The van der Waals surface area contributed by atoms with Gasteiger partial charge in [0.05, 0.1) is 13.7 Å². The van der Waals surface area contributed by atoms with E-state index in [0.29, 0.717) is 4.99 Å². The Morgan fingerprint density at radius 3 is 2.62 bits per heavy atom. The van der Waals surface area contributed by atoms with Crippen LogP contribution in [0.4, 0.5) is 0 Å². The van der Waals surface area contributed by atoms with Crippen LogP contribution in [0.15, 0.2) is 34.7 Å². The van der Waals surface area contributed by atoms with E-state index in [1.54, 1.807) is 7.11 Å². The molecule has 0 aliphatic carbocycles. The number of nitrogens with zero attached hydrogens (tertiary/aromatic N) is 1. The minimum atomic E-state index is 0.392. The van der Waals surface area contributed by atoms with Gasteiger partial charge in [0.25, 0.3) is 0 Å². The lowest BCUT2D eigenvalue weighted by Crippen LogP contribution is -2.18. The molecule has 112 valence electrons. The van der Waals surface area contributed by atoms with E-state index in [2.05, 4.69) is 4.90 Å². The fourth-order valence-corrected chi connectivity index (χ4v) is 2.37. The highest BCUT2D eigenvalue weighted by molar-refractivity contribution is 7.80. The molecule has 2 N–H and O–H groups in total. The molecule has 0 atom stereocenters. The highest BCUT2D eigenvalue weighted by Crippen LogP contribution is 2.22. The molecule has 4 nitrogen and oxygen atoms in total. The largest absolute Gasteiger partial charge is 0.496 e. The van der Waals surface area contributed by atoms with Crippen molar-refractivity contribution >= 4 is 17.2 Å². The second kappa shape index (κ2) is 6.74. The van der Waals surface area contributed by atoms with Crippen molar-refractivity contribution in [1.29, 1.82) is 0 Å². The third-order valence-corrected chi connectivity index (χ3v) is 3.46. The molecule has 1 heterocycles. The van der Waals surface area contributed by atoms with E-state index in [0.717, 1.165) is 41.5 Å². The zero-order chi connectivity index (χ0) is 15.4. The molecule has 2 rings (SSSR count). The summed E-state index contributed by atoms with van der Waals surface area (Å²) in [6, 6.07) is 9.71. The second-order valence-electron chi connectivity index (χ2n) is 5.08. The zero-order valence-electron chi connectivity index (χ0n) is 12.6. The Morgan fingerprint density at radius 2 is 2.05 bits per heavy atom. The fraction of sp³-hybridized carbons (Fsp3) is 0.312. The Hall–Kier alpha value is -1.85. The van der Waals surface area contributed by atoms with Crippen LogP contribution < -0.4 is 10.5 Å². The average Bonchev–Trinajstić information content (AvgIpc) is 2.83. The van der Waals surface area contributed by atoms with E-state index in [-0.39, 0.29) is 0 Å². The molecule has 1 aromatic carbocycles. The molecule has 2 aromatic rings. The number of thiocarbonyl (C=S) groups is 1. The van der Waals surface area contributed by atoms with E-state index in [1.165, 1.54) is 0 Å². The van der Waals surface area contributed by atoms with E-state index in [4.69, 9.17) is 27.1 Å². The smallest absolute Gasteiger partial charge is 0.123 e. The first kappa shape index (κ1) is 15.5. The number of nitrogens with two attached hydrogens (primary N) is 1. The summed E-state index contributed by atoms with van der Waals surface area (Å²) in [6.07, 6.45) is 0. The Kier molecular flexibility index (Phi) is 4.98. The fourth-order valence-electron chi connectivity index (χ4n) is 2.24. The Labute approximate surface area is 130 Å². The van der Waals surface area contributed by atoms with Gasteiger partial charge in [-0.05, 0) is 44.3 Å². The van der Waals surface area contributed by atoms with Gasteiger partial charge in [-0.1, -0.05) is 12.2 Å². The lowest BCUT2D eigenvalue weighted by molar-refractivity contribution is 0.280. The van der Waals surface area contributed by atoms with Crippen LogP contribution in [0.3, 0.4) is 0 Å². The van der Waals surface area contributed by atoms with Crippen LogP contribution >= 0.6 is 12.2 Å². The number of furan rings is 1. The van der Waals surface area contributed by atoms with Crippen molar-refractivity contribution in [2.75, 3.05) is 14.2 Å². The van der Waals surface area contributed by atoms with Gasteiger partial charge in [-0.15, -0.1) is 0 Å². The van der Waals surface area contributed by atoms with E-state index >= 15 is 0 Å². The zero-order valence-corrected chi connectivity index (χ0v) is 13.4. The van der Waals surface area contributed by atoms with Crippen LogP contribution in [-0.4, -0.2) is 24.0 Å². The first-order valence-electron chi connectivity index (χ1n) is 6.70. The summed E-state index contributed by atoms with van der Waals surface area (Å²) in [7, 11) is 3.69. The van der Waals surface area contributed by atoms with Gasteiger partial charge >= 0.3 is 0 Å². The number of methoxy groups -OCH3 is 1. The second-order valence-corrected chi connectivity index (χ2v) is 5.52. The standard InChI is InChI=1S/C16H20N2O2S/c1-11-4-6-14(20-11)10-18(2)9-13-8-12(16(17)21)5-7-15(13)19-3/h4-8H,9-10H2,1-3H3,(H2,17,21). The summed E-state index contributed by atoms with van der Waals surface area (Å²) < 4.78 is 11.0. The minimum Gasteiger partial charge on any atom is -0.496 e. The van der Waals surface area contributed by atoms with Gasteiger partial charge in [0, 0.05) is 17.7 Å². The topological polar surface area (TPSA) is 51.6 Å². The molecule has 0 unspecified atom stereocenters. The third-order valence-electron chi connectivity index (χ3n) is 3.23. The lowest BCUT2D eigenvalue weighted by atomic mass is 10.1. The number of rotatable bonds is 6. The monoisotopic (exact) mass is 304 g/mol. The number of benzene rings is 1. The Morgan fingerprint density at radius 1 is 1.29 bits per heavy atom. The predicted molar refractivity (Wildman–Crippen MR) is 87.5 cm³/mol. The molecule has 21 heavy (non-hydrogen) atoms. The van der Waals surface area contributed by atoms with Crippen LogP contribution in [0.5, 0.6) is 5.75 Å². The van der Waals surface area contributed by atoms with Crippen molar-refractivity contribution in [2.45, 2.75) is 20.0 Å². The summed E-state index contributed by atoms with van der Waals surface area (Å²) in [5.74, 6) is 2.70. The number of aryl methyl sites for hydroxylation is 1. The Balaban J connectivity index is 2.13. The predicted octanol–water partition coefficient (Wildman–Crippen LogP) is 2.86. The number of hydrogen-bond donors (Lipinski definition) is 1. The molecule has 0 bridgehead atoms. The quantitative estimate of drug-likeness (QED) is 0.832. The molecule has 5 heteroatoms. The van der Waals surface area contributed by atoms with E-state index in [9.17, 15) is 0 Å². The van der Waals surface area contributed by atoms with E-state index < -0.39 is 0 Å². The maximum atomic E-state index is 5.69. The third kappa shape index (κ3) is 4.06. The van der Waals surface area contributed by atoms with Gasteiger partial charge in [0.2, 0.25) is 0 Å². The van der Waals surface area contributed by atoms with Crippen LogP contribution in [-0.2, 0) is 13.1 Å². The molecule has 0 spiro atoms. The molecule has 0 aliphatic heterocycles. The summed E-state index contributed by atoms with van der Waals surface area (Å²) in [6.45, 7) is 3.39. The number of hydrogen-bond acceptors (Lipinski definition) is 4. The van der Waals surface area contributed by atoms with Crippen molar-refractivity contribution in [2.24, 2.45) is 5.73 Å². The van der Waals surface area contributed by atoms with Crippen LogP contribution in [0.25, 0.3) is 0 Å². The first-order valence-corrected chi connectivity index (χ1v) is 7.11. The molecule has 1 aromatic heterocycles. The first-order chi connectivity index (χ1) is 9.99. The van der Waals surface area contributed by atoms with Gasteiger partial charge in [-0.3, -0.25) is 4.90 Å². The van der Waals surface area contributed by atoms with Crippen molar-refractivity contribution in [3.8, 4) is 5.75 Å². The molecular weight excluding hydrogens is 284 g/mol. The molecule has 0 saturated carbocycles. The maximum Gasteiger partial charge on any atom is 0.123 e. The molecule has 0 amide bonds.